The van der Waals surface area contributed by atoms with Gasteiger partial charge in [0.2, 0.25) is 5.91 Å². The Hall–Kier alpha value is -1.56. The average Bonchev–Trinajstić information content (AvgIpc) is 2.43. The molecule has 0 aliphatic heterocycles. The molecule has 1 aromatic carbocycles. The first kappa shape index (κ1) is 18.5. The number of carbonyl (C=O) groups excluding carboxylic acids is 1. The fourth-order valence-electron chi connectivity index (χ4n) is 1.61. The summed E-state index contributed by atoms with van der Waals surface area (Å²) in [4.78, 5) is 11.7. The summed E-state index contributed by atoms with van der Waals surface area (Å²) in [6, 6.07) is 7.41. The van der Waals surface area contributed by atoms with Crippen LogP contribution in [0.5, 0.6) is 5.75 Å². The van der Waals surface area contributed by atoms with Crippen LogP contribution in [0.15, 0.2) is 24.3 Å². The summed E-state index contributed by atoms with van der Waals surface area (Å²) >= 11 is 0. The second kappa shape index (κ2) is 8.17. The second-order valence-corrected chi connectivity index (χ2v) is 8.54. The van der Waals surface area contributed by atoms with E-state index in [1.165, 1.54) is 0 Å². The molecule has 0 spiro atoms. The van der Waals surface area contributed by atoms with E-state index < -0.39 is 26.7 Å². The lowest BCUT2D eigenvalue weighted by Gasteiger charge is -2.11. The predicted molar refractivity (Wildman–Crippen MR) is 87.5 cm³/mol. The minimum atomic E-state index is -3.36. The molecule has 0 atom stereocenters. The van der Waals surface area contributed by atoms with Gasteiger partial charge in [-0.15, -0.1) is 0 Å². The number of benzene rings is 1. The molecule has 0 aliphatic rings. The van der Waals surface area contributed by atoms with Gasteiger partial charge in [0.05, 0.1) is 11.9 Å². The number of amides is 1. The molecule has 0 bridgehead atoms. The van der Waals surface area contributed by atoms with Gasteiger partial charge in [-0.25, -0.2) is 8.42 Å². The number of sulfone groups is 1. The number of hydrogen-bond donors (Lipinski definition) is 1. The Morgan fingerprint density at radius 1 is 1.23 bits per heavy atom. The van der Waals surface area contributed by atoms with E-state index in [0.29, 0.717) is 12.5 Å². The van der Waals surface area contributed by atoms with Crippen molar-refractivity contribution in [3.63, 3.8) is 0 Å². The highest BCUT2D eigenvalue weighted by Crippen LogP contribution is 2.14. The first-order valence-electron chi connectivity index (χ1n) is 7.40. The molecular weight excluding hydrogens is 302 g/mol. The SMILES string of the molecule is CC(C)COc1cccc(CNC(=O)CS(=O)(=O)C(C)C)c1. The third-order valence-electron chi connectivity index (χ3n) is 3.02. The number of carbonyl (C=O) groups is 1. The van der Waals surface area contributed by atoms with Crippen molar-refractivity contribution < 1.29 is 17.9 Å². The average molecular weight is 327 g/mol. The third kappa shape index (κ3) is 6.47. The van der Waals surface area contributed by atoms with E-state index in [-0.39, 0.29) is 6.54 Å². The van der Waals surface area contributed by atoms with Gasteiger partial charge >= 0.3 is 0 Å². The zero-order valence-electron chi connectivity index (χ0n) is 13.6. The summed E-state index contributed by atoms with van der Waals surface area (Å²) in [5.74, 6) is 0.218. The Balaban J connectivity index is 2.54. The Morgan fingerprint density at radius 2 is 1.91 bits per heavy atom. The van der Waals surface area contributed by atoms with Gasteiger partial charge in [-0.1, -0.05) is 26.0 Å². The quantitative estimate of drug-likeness (QED) is 0.794. The van der Waals surface area contributed by atoms with Gasteiger partial charge in [-0.3, -0.25) is 4.79 Å². The molecule has 124 valence electrons. The first-order valence-corrected chi connectivity index (χ1v) is 9.12. The summed E-state index contributed by atoms with van der Waals surface area (Å²) < 4.78 is 29.0. The maximum atomic E-state index is 11.7. The maximum Gasteiger partial charge on any atom is 0.235 e. The van der Waals surface area contributed by atoms with Gasteiger partial charge in [0.1, 0.15) is 11.5 Å². The van der Waals surface area contributed by atoms with E-state index in [1.807, 2.05) is 24.3 Å². The van der Waals surface area contributed by atoms with E-state index in [2.05, 4.69) is 19.2 Å². The van der Waals surface area contributed by atoms with Gasteiger partial charge < -0.3 is 10.1 Å². The number of nitrogens with one attached hydrogen (secondary N) is 1. The van der Waals surface area contributed by atoms with Crippen LogP contribution in [0.2, 0.25) is 0 Å². The van der Waals surface area contributed by atoms with Gasteiger partial charge in [-0.05, 0) is 37.5 Å². The summed E-state index contributed by atoms with van der Waals surface area (Å²) in [5.41, 5.74) is 0.872. The zero-order valence-corrected chi connectivity index (χ0v) is 14.4. The molecule has 0 saturated heterocycles. The van der Waals surface area contributed by atoms with E-state index in [0.717, 1.165) is 11.3 Å². The molecule has 6 heteroatoms. The largest absolute Gasteiger partial charge is 0.493 e. The van der Waals surface area contributed by atoms with E-state index in [9.17, 15) is 13.2 Å². The monoisotopic (exact) mass is 327 g/mol. The molecule has 1 aromatic rings. The molecule has 1 rings (SSSR count). The molecule has 0 aliphatic carbocycles. The molecule has 5 nitrogen and oxygen atoms in total. The summed E-state index contributed by atoms with van der Waals surface area (Å²) in [7, 11) is -3.36. The highest BCUT2D eigenvalue weighted by atomic mass is 32.2. The van der Waals surface area contributed by atoms with Crippen molar-refractivity contribution in [1.82, 2.24) is 5.32 Å². The number of hydrogen-bond acceptors (Lipinski definition) is 4. The van der Waals surface area contributed by atoms with E-state index in [1.54, 1.807) is 13.8 Å². The Kier molecular flexibility index (Phi) is 6.87. The summed E-state index contributed by atoms with van der Waals surface area (Å²) in [6.07, 6.45) is 0. The van der Waals surface area contributed by atoms with Gasteiger partial charge in [-0.2, -0.15) is 0 Å². The van der Waals surface area contributed by atoms with Crippen molar-refractivity contribution in [2.45, 2.75) is 39.5 Å². The molecule has 0 fully saturated rings. The molecule has 0 unspecified atom stereocenters. The van der Waals surface area contributed by atoms with Gasteiger partial charge in [0, 0.05) is 6.54 Å². The van der Waals surface area contributed by atoms with Crippen molar-refractivity contribution in [2.75, 3.05) is 12.4 Å². The van der Waals surface area contributed by atoms with Crippen molar-refractivity contribution in [3.8, 4) is 5.75 Å². The topological polar surface area (TPSA) is 72.5 Å². The van der Waals surface area contributed by atoms with Crippen molar-refractivity contribution in [2.24, 2.45) is 5.92 Å². The summed E-state index contributed by atoms with van der Waals surface area (Å²) in [5, 5.41) is 2.08. The maximum absolute atomic E-state index is 11.7. The lowest BCUT2D eigenvalue weighted by atomic mass is 10.2. The standard InChI is InChI=1S/C16H25NO4S/c1-12(2)10-21-15-7-5-6-14(8-15)9-17-16(18)11-22(19,20)13(3)4/h5-8,12-13H,9-11H2,1-4H3,(H,17,18). The molecular formula is C16H25NO4S. The third-order valence-corrected chi connectivity index (χ3v) is 5.12. The van der Waals surface area contributed by atoms with Gasteiger partial charge in [0.15, 0.2) is 9.84 Å². The van der Waals surface area contributed by atoms with E-state index in [4.69, 9.17) is 4.74 Å². The smallest absolute Gasteiger partial charge is 0.235 e. The molecule has 1 amide bonds. The first-order chi connectivity index (χ1) is 10.2. The minimum absolute atomic E-state index is 0.283. The molecule has 0 saturated carbocycles. The zero-order chi connectivity index (χ0) is 16.8. The van der Waals surface area contributed by atoms with Crippen LogP contribution in [0.4, 0.5) is 0 Å². The minimum Gasteiger partial charge on any atom is -0.493 e. The highest BCUT2D eigenvalue weighted by Gasteiger charge is 2.20. The van der Waals surface area contributed by atoms with Crippen molar-refractivity contribution >= 4 is 15.7 Å². The molecule has 0 aromatic heterocycles. The number of rotatable bonds is 8. The lowest BCUT2D eigenvalue weighted by Crippen LogP contribution is -2.32. The molecule has 22 heavy (non-hydrogen) atoms. The molecule has 0 heterocycles. The van der Waals surface area contributed by atoms with Crippen LogP contribution in [0.3, 0.4) is 0 Å². The van der Waals surface area contributed by atoms with Crippen LogP contribution >= 0.6 is 0 Å². The molecule has 0 radical (unpaired) electrons. The van der Waals surface area contributed by atoms with Crippen LogP contribution in [-0.4, -0.2) is 31.9 Å². The Bertz CT molecular complexity index is 594. The van der Waals surface area contributed by atoms with Gasteiger partial charge in [0.25, 0.3) is 0 Å². The Morgan fingerprint density at radius 3 is 2.50 bits per heavy atom. The van der Waals surface area contributed by atoms with Crippen LogP contribution in [-0.2, 0) is 21.2 Å². The van der Waals surface area contributed by atoms with Crippen LogP contribution in [0, 0.1) is 5.92 Å². The van der Waals surface area contributed by atoms with Crippen molar-refractivity contribution in [1.29, 1.82) is 0 Å². The Labute approximate surface area is 133 Å². The van der Waals surface area contributed by atoms with Crippen LogP contribution in [0.1, 0.15) is 33.3 Å². The normalized spacial score (nSPS) is 11.7. The second-order valence-electron chi connectivity index (χ2n) is 5.98. The van der Waals surface area contributed by atoms with Crippen LogP contribution in [0.25, 0.3) is 0 Å². The number of ether oxygens (including phenoxy) is 1. The fourth-order valence-corrected chi connectivity index (χ4v) is 2.41. The summed E-state index contributed by atoms with van der Waals surface area (Å²) in [6.45, 7) is 8.18. The van der Waals surface area contributed by atoms with E-state index >= 15 is 0 Å². The lowest BCUT2D eigenvalue weighted by molar-refractivity contribution is -0.118. The van der Waals surface area contributed by atoms with Crippen molar-refractivity contribution in [3.05, 3.63) is 29.8 Å². The molecule has 1 N–H and O–H groups in total. The fraction of sp³-hybridized carbons (Fsp3) is 0.562. The predicted octanol–water partition coefficient (Wildman–Crippen LogP) is 2.16. The van der Waals surface area contributed by atoms with Crippen LogP contribution < -0.4 is 10.1 Å². The highest BCUT2D eigenvalue weighted by molar-refractivity contribution is 7.92.